The predicted molar refractivity (Wildman–Crippen MR) is 172 cm³/mol. The second kappa shape index (κ2) is 12.0. The van der Waals surface area contributed by atoms with Crippen molar-refractivity contribution >= 4 is 38.1 Å². The van der Waals surface area contributed by atoms with Crippen molar-refractivity contribution in [3.05, 3.63) is 90.2 Å². The Morgan fingerprint density at radius 1 is 1.07 bits per heavy atom. The van der Waals surface area contributed by atoms with E-state index in [1.54, 1.807) is 17.3 Å². The van der Waals surface area contributed by atoms with Gasteiger partial charge in [-0.2, -0.15) is 15.3 Å². The molecular weight excluding hydrogens is 610 g/mol. The number of hydrogen-bond acceptors (Lipinski definition) is 8. The van der Waals surface area contributed by atoms with Crippen molar-refractivity contribution in [2.75, 3.05) is 20.3 Å². The van der Waals surface area contributed by atoms with Crippen LogP contribution >= 0.6 is 11.3 Å². The molecule has 0 bridgehead atoms. The highest BCUT2D eigenvalue weighted by Crippen LogP contribution is 2.47. The van der Waals surface area contributed by atoms with Gasteiger partial charge >= 0.3 is 0 Å². The first kappa shape index (κ1) is 29.6. The minimum atomic E-state index is -0.789. The quantitative estimate of drug-likeness (QED) is 0.136. The number of methoxy groups -OCH3 is 1. The van der Waals surface area contributed by atoms with Crippen molar-refractivity contribution in [3.8, 4) is 39.5 Å². The molecule has 1 atom stereocenters. The minimum absolute atomic E-state index is 0.0321. The number of carbonyl (C=O) groups excluding carboxylic acids is 1. The molecule has 0 aliphatic carbocycles. The lowest BCUT2D eigenvalue weighted by molar-refractivity contribution is -0.129. The van der Waals surface area contributed by atoms with Crippen molar-refractivity contribution in [3.63, 3.8) is 0 Å². The van der Waals surface area contributed by atoms with Gasteiger partial charge in [0.15, 0.2) is 0 Å². The highest BCUT2D eigenvalue weighted by atomic mass is 32.1. The van der Waals surface area contributed by atoms with Gasteiger partial charge in [0, 0.05) is 57.3 Å². The van der Waals surface area contributed by atoms with Crippen molar-refractivity contribution in [1.82, 2.24) is 29.9 Å². The molecule has 0 fully saturated rings. The molecule has 0 radical (unpaired) electrons. The molecule has 7 rings (SSSR count). The van der Waals surface area contributed by atoms with E-state index in [0.717, 1.165) is 38.2 Å². The highest BCUT2D eigenvalue weighted by molar-refractivity contribution is 7.18. The van der Waals surface area contributed by atoms with Crippen molar-refractivity contribution in [2.24, 2.45) is 0 Å². The Hall–Kier alpha value is -5.07. The summed E-state index contributed by atoms with van der Waals surface area (Å²) in [5.74, 6) is -1.69. The summed E-state index contributed by atoms with van der Waals surface area (Å²) in [4.78, 5) is 19.5. The Bertz CT molecular complexity index is 2150. The van der Waals surface area contributed by atoms with Crippen LogP contribution in [0.15, 0.2) is 72.9 Å². The van der Waals surface area contributed by atoms with Gasteiger partial charge < -0.3 is 14.4 Å². The number of halogens is 2. The number of rotatable bonds is 8. The average molecular weight is 639 g/mol. The number of hydrogen-bond donors (Lipinski definition) is 0. The minimum Gasteiger partial charge on any atom is -0.490 e. The van der Waals surface area contributed by atoms with Gasteiger partial charge in [-0.1, -0.05) is 18.7 Å². The highest BCUT2D eigenvalue weighted by Gasteiger charge is 2.30. The van der Waals surface area contributed by atoms with Gasteiger partial charge in [0.05, 0.1) is 49.0 Å². The van der Waals surface area contributed by atoms with E-state index < -0.39 is 11.6 Å². The summed E-state index contributed by atoms with van der Waals surface area (Å²) in [7, 11) is 1.52. The molecule has 1 aliphatic rings. The number of benzene rings is 2. The molecule has 1 amide bonds. The molecule has 2 aromatic carbocycles. The van der Waals surface area contributed by atoms with Crippen molar-refractivity contribution < 1.29 is 23.0 Å². The third-order valence-corrected chi connectivity index (χ3v) is 9.04. The van der Waals surface area contributed by atoms with Crippen LogP contribution in [0.5, 0.6) is 5.75 Å². The van der Waals surface area contributed by atoms with Crippen LogP contribution in [0.3, 0.4) is 0 Å². The Kier molecular flexibility index (Phi) is 7.75. The fraction of sp³-hybridized carbons (Fsp3) is 0.206. The zero-order valence-electron chi connectivity index (χ0n) is 25.0. The van der Waals surface area contributed by atoms with E-state index >= 15 is 4.39 Å². The molecule has 4 aromatic heterocycles. The Labute approximate surface area is 266 Å². The van der Waals surface area contributed by atoms with Crippen LogP contribution < -0.4 is 4.74 Å². The summed E-state index contributed by atoms with van der Waals surface area (Å²) < 4.78 is 44.3. The summed E-state index contributed by atoms with van der Waals surface area (Å²) in [6, 6.07) is 11.6. The van der Waals surface area contributed by atoms with E-state index in [4.69, 9.17) is 19.6 Å². The maximum absolute atomic E-state index is 16.0. The molecular formula is C34H28F2N6O3S. The lowest BCUT2D eigenvalue weighted by atomic mass is 9.96. The van der Waals surface area contributed by atoms with Crippen LogP contribution in [0.25, 0.3) is 54.6 Å². The van der Waals surface area contributed by atoms with Gasteiger partial charge in [0.1, 0.15) is 35.4 Å². The standard InChI is InChI=1S/C34H28F2N6O3S/c1-4-29(43)41-18-24-14-27(40-42(24)17-19(41)2)33-31(30-26(36)12-23(35)13-28(30)45-9-8-44-3)34-25(7-10-46-34)32(39-33)20-5-6-21-15-37-38-16-22(21)11-20/h4-7,10-16,19H,1,8-9,17-18H2,2-3H3/t19-/m1/s1. The Morgan fingerprint density at radius 2 is 1.89 bits per heavy atom. The molecule has 12 heteroatoms. The fourth-order valence-electron chi connectivity index (χ4n) is 5.89. The van der Waals surface area contributed by atoms with Crippen LogP contribution in [0.2, 0.25) is 0 Å². The number of amides is 1. The van der Waals surface area contributed by atoms with Crippen molar-refractivity contribution in [2.45, 2.75) is 26.1 Å². The van der Waals surface area contributed by atoms with Crippen LogP contribution in [0, 0.1) is 11.6 Å². The summed E-state index contributed by atoms with van der Waals surface area (Å²) in [6.45, 7) is 6.70. The number of pyridine rings is 1. The molecule has 0 unspecified atom stereocenters. The molecule has 232 valence electrons. The van der Waals surface area contributed by atoms with Gasteiger partial charge in [-0.3, -0.25) is 9.48 Å². The first-order chi connectivity index (χ1) is 22.4. The van der Waals surface area contributed by atoms with Crippen molar-refractivity contribution in [1.29, 1.82) is 0 Å². The maximum atomic E-state index is 16.0. The predicted octanol–water partition coefficient (Wildman–Crippen LogP) is 6.66. The van der Waals surface area contributed by atoms with E-state index in [0.29, 0.717) is 35.7 Å². The van der Waals surface area contributed by atoms with Gasteiger partial charge in [-0.15, -0.1) is 11.3 Å². The molecule has 1 aliphatic heterocycles. The number of fused-ring (bicyclic) bond motifs is 3. The lowest BCUT2D eigenvalue weighted by Crippen LogP contribution is -2.44. The summed E-state index contributed by atoms with van der Waals surface area (Å²) >= 11 is 1.42. The number of nitrogens with zero attached hydrogens (tertiary/aromatic N) is 6. The summed E-state index contributed by atoms with van der Waals surface area (Å²) in [5, 5.41) is 17.5. The largest absolute Gasteiger partial charge is 0.490 e. The fourth-order valence-corrected chi connectivity index (χ4v) is 6.84. The van der Waals surface area contributed by atoms with Gasteiger partial charge in [0.25, 0.3) is 0 Å². The summed E-state index contributed by atoms with van der Waals surface area (Å²) in [5.41, 5.74) is 3.69. The number of thiophene rings is 1. The van der Waals surface area contributed by atoms with E-state index in [1.165, 1.54) is 30.6 Å². The van der Waals surface area contributed by atoms with Gasteiger partial charge in [-0.05, 0) is 36.6 Å². The first-order valence-corrected chi connectivity index (χ1v) is 15.5. The number of aromatic nitrogens is 5. The van der Waals surface area contributed by atoms with Gasteiger partial charge in [0.2, 0.25) is 5.91 Å². The topological polar surface area (TPSA) is 95.3 Å². The molecule has 9 nitrogen and oxygen atoms in total. The Morgan fingerprint density at radius 3 is 2.70 bits per heavy atom. The SMILES string of the molecule is C=CC(=O)N1Cc2cc(-c3nc(-c4ccc5cnncc5c4)c4ccsc4c3-c3c(F)cc(F)cc3OCCOC)nn2C[C@H]1C. The third-order valence-electron chi connectivity index (χ3n) is 8.11. The smallest absolute Gasteiger partial charge is 0.246 e. The number of ether oxygens (including phenoxy) is 2. The molecule has 6 aromatic rings. The molecule has 5 heterocycles. The van der Waals surface area contributed by atoms with Gasteiger partial charge in [-0.25, -0.2) is 13.8 Å². The van der Waals surface area contributed by atoms with E-state index in [2.05, 4.69) is 16.8 Å². The molecule has 0 spiro atoms. The zero-order valence-corrected chi connectivity index (χ0v) is 25.9. The van der Waals surface area contributed by atoms with Crippen LogP contribution in [-0.4, -0.2) is 62.1 Å². The zero-order chi connectivity index (χ0) is 31.9. The van der Waals surface area contributed by atoms with Crippen LogP contribution in [0.1, 0.15) is 12.6 Å². The third kappa shape index (κ3) is 5.19. The van der Waals surface area contributed by atoms with E-state index in [1.807, 2.05) is 47.3 Å². The molecule has 46 heavy (non-hydrogen) atoms. The number of carbonyl (C=O) groups is 1. The monoisotopic (exact) mass is 638 g/mol. The second-order valence-corrected chi connectivity index (χ2v) is 11.9. The molecule has 0 saturated carbocycles. The second-order valence-electron chi connectivity index (χ2n) is 11.0. The van der Waals surface area contributed by atoms with Crippen LogP contribution in [-0.2, 0) is 22.6 Å². The molecule has 0 saturated heterocycles. The maximum Gasteiger partial charge on any atom is 0.246 e. The van der Waals surface area contributed by atoms with Crippen LogP contribution in [0.4, 0.5) is 8.78 Å². The summed E-state index contributed by atoms with van der Waals surface area (Å²) in [6.07, 6.45) is 4.69. The Balaban J connectivity index is 1.49. The lowest BCUT2D eigenvalue weighted by Gasteiger charge is -2.33. The van der Waals surface area contributed by atoms with E-state index in [-0.39, 0.29) is 36.5 Å². The van der Waals surface area contributed by atoms with E-state index in [9.17, 15) is 9.18 Å². The molecule has 0 N–H and O–H groups in total. The first-order valence-electron chi connectivity index (χ1n) is 14.6. The average Bonchev–Trinajstić information content (AvgIpc) is 3.71. The normalized spacial score (nSPS) is 14.5.